The molecule has 3 rings (SSSR count). The van der Waals surface area contributed by atoms with Crippen LogP contribution in [0.25, 0.3) is 0 Å². The first-order chi connectivity index (χ1) is 14.5. The normalized spacial score (nSPS) is 10.5. The molecule has 0 aliphatic rings. The number of nitrogens with one attached hydrogen (secondary N) is 1. The molecule has 3 aromatic rings. The Morgan fingerprint density at radius 2 is 1.57 bits per heavy atom. The van der Waals surface area contributed by atoms with Gasteiger partial charge in [-0.05, 0) is 74.7 Å². The van der Waals surface area contributed by atoms with Gasteiger partial charge in [-0.2, -0.15) is 0 Å². The molecule has 1 amide bonds. The van der Waals surface area contributed by atoms with E-state index in [-0.39, 0.29) is 5.91 Å². The van der Waals surface area contributed by atoms with Gasteiger partial charge < -0.3 is 14.8 Å². The van der Waals surface area contributed by atoms with Crippen LogP contribution in [0.5, 0.6) is 17.5 Å². The third-order valence-corrected chi connectivity index (χ3v) is 4.46. The fourth-order valence-electron chi connectivity index (χ4n) is 2.92. The summed E-state index contributed by atoms with van der Waals surface area (Å²) in [5.74, 6) is 1.39. The van der Waals surface area contributed by atoms with Crippen LogP contribution in [0, 0.1) is 13.8 Å². The SMILES string of the molecule is CCc1ccc(OCCCC(=O)Nc2ccc(Oc3nc(C)cc(C)n3)cc2)cc1. The van der Waals surface area contributed by atoms with E-state index >= 15 is 0 Å². The summed E-state index contributed by atoms with van der Waals surface area (Å²) >= 11 is 0. The van der Waals surface area contributed by atoms with Gasteiger partial charge in [0.1, 0.15) is 11.5 Å². The number of benzene rings is 2. The van der Waals surface area contributed by atoms with Crippen molar-refractivity contribution in [1.82, 2.24) is 9.97 Å². The van der Waals surface area contributed by atoms with Crippen LogP contribution in [0.1, 0.15) is 36.7 Å². The number of anilines is 1. The molecule has 30 heavy (non-hydrogen) atoms. The molecule has 0 saturated carbocycles. The second-order valence-electron chi connectivity index (χ2n) is 7.06. The zero-order valence-electron chi connectivity index (χ0n) is 17.6. The Morgan fingerprint density at radius 1 is 0.933 bits per heavy atom. The zero-order valence-corrected chi connectivity index (χ0v) is 17.6. The Kier molecular flexibility index (Phi) is 7.38. The maximum absolute atomic E-state index is 12.1. The van der Waals surface area contributed by atoms with Crippen molar-refractivity contribution in [1.29, 1.82) is 0 Å². The first kappa shape index (κ1) is 21.3. The van der Waals surface area contributed by atoms with Crippen LogP contribution >= 0.6 is 0 Å². The second-order valence-corrected chi connectivity index (χ2v) is 7.06. The Bertz CT molecular complexity index is 950. The molecule has 1 N–H and O–H groups in total. The molecule has 1 aromatic heterocycles. The molecule has 0 radical (unpaired) electrons. The molecular weight excluding hydrogens is 378 g/mol. The molecule has 0 aliphatic carbocycles. The molecule has 0 fully saturated rings. The highest BCUT2D eigenvalue weighted by molar-refractivity contribution is 5.90. The van der Waals surface area contributed by atoms with Crippen molar-refractivity contribution in [2.45, 2.75) is 40.0 Å². The van der Waals surface area contributed by atoms with E-state index in [4.69, 9.17) is 9.47 Å². The smallest absolute Gasteiger partial charge is 0.322 e. The number of carbonyl (C=O) groups excluding carboxylic acids is 1. The first-order valence-electron chi connectivity index (χ1n) is 10.1. The van der Waals surface area contributed by atoms with Gasteiger partial charge in [0.05, 0.1) is 6.61 Å². The molecule has 6 nitrogen and oxygen atoms in total. The lowest BCUT2D eigenvalue weighted by Gasteiger charge is -2.09. The lowest BCUT2D eigenvalue weighted by Crippen LogP contribution is -2.12. The van der Waals surface area contributed by atoms with Crippen molar-refractivity contribution in [3.8, 4) is 17.5 Å². The van der Waals surface area contributed by atoms with Gasteiger partial charge in [0.25, 0.3) is 0 Å². The molecule has 156 valence electrons. The van der Waals surface area contributed by atoms with Crippen molar-refractivity contribution in [2.24, 2.45) is 0 Å². The number of rotatable bonds is 9. The van der Waals surface area contributed by atoms with Crippen LogP contribution in [0.3, 0.4) is 0 Å². The quantitative estimate of drug-likeness (QED) is 0.493. The number of aryl methyl sites for hydroxylation is 3. The topological polar surface area (TPSA) is 73.3 Å². The third-order valence-electron chi connectivity index (χ3n) is 4.46. The molecule has 1 heterocycles. The van der Waals surface area contributed by atoms with E-state index in [0.717, 1.165) is 23.6 Å². The van der Waals surface area contributed by atoms with Crippen molar-refractivity contribution in [3.05, 3.63) is 71.5 Å². The highest BCUT2D eigenvalue weighted by Gasteiger charge is 2.06. The van der Waals surface area contributed by atoms with E-state index < -0.39 is 0 Å². The van der Waals surface area contributed by atoms with Gasteiger partial charge in [-0.15, -0.1) is 0 Å². The van der Waals surface area contributed by atoms with Crippen LogP contribution in [0.2, 0.25) is 0 Å². The fourth-order valence-corrected chi connectivity index (χ4v) is 2.92. The molecule has 0 saturated heterocycles. The standard InChI is InChI=1S/C24H27N3O3/c1-4-19-7-11-21(12-8-19)29-15-5-6-23(28)27-20-9-13-22(14-10-20)30-24-25-17(2)16-18(3)26-24/h7-14,16H,4-6,15H2,1-3H3,(H,27,28). The number of aromatic nitrogens is 2. The van der Waals surface area contributed by atoms with Gasteiger partial charge in [0.2, 0.25) is 5.91 Å². The van der Waals surface area contributed by atoms with Crippen molar-refractivity contribution in [3.63, 3.8) is 0 Å². The number of hydrogen-bond acceptors (Lipinski definition) is 5. The van der Waals surface area contributed by atoms with Crippen molar-refractivity contribution < 1.29 is 14.3 Å². The fraction of sp³-hybridized carbons (Fsp3) is 0.292. The predicted octanol–water partition coefficient (Wildman–Crippen LogP) is 5.25. The largest absolute Gasteiger partial charge is 0.494 e. The van der Waals surface area contributed by atoms with Crippen LogP contribution in [0.15, 0.2) is 54.6 Å². The minimum atomic E-state index is -0.0498. The number of ether oxygens (including phenoxy) is 2. The summed E-state index contributed by atoms with van der Waals surface area (Å²) < 4.78 is 11.4. The number of nitrogens with zero attached hydrogens (tertiary/aromatic N) is 2. The molecule has 2 aromatic carbocycles. The van der Waals surface area contributed by atoms with Crippen LogP contribution in [0.4, 0.5) is 5.69 Å². The van der Waals surface area contributed by atoms with E-state index in [1.54, 1.807) is 24.3 Å². The average Bonchev–Trinajstić information content (AvgIpc) is 2.72. The maximum Gasteiger partial charge on any atom is 0.322 e. The zero-order chi connectivity index (χ0) is 21.3. The molecular formula is C24H27N3O3. The number of hydrogen-bond donors (Lipinski definition) is 1. The summed E-state index contributed by atoms with van der Waals surface area (Å²) in [6.07, 6.45) is 2.04. The van der Waals surface area contributed by atoms with Gasteiger partial charge in [-0.25, -0.2) is 9.97 Å². The Labute approximate surface area is 177 Å². The Morgan fingerprint density at radius 3 is 2.20 bits per heavy atom. The van der Waals surface area contributed by atoms with Crippen molar-refractivity contribution >= 4 is 11.6 Å². The van der Waals surface area contributed by atoms with E-state index in [2.05, 4.69) is 34.3 Å². The van der Waals surface area contributed by atoms with Gasteiger partial charge in [0.15, 0.2) is 0 Å². The summed E-state index contributed by atoms with van der Waals surface area (Å²) in [4.78, 5) is 20.7. The predicted molar refractivity (Wildman–Crippen MR) is 117 cm³/mol. The van der Waals surface area contributed by atoms with Gasteiger partial charge in [0, 0.05) is 23.5 Å². The Balaban J connectivity index is 1.41. The average molecular weight is 405 g/mol. The summed E-state index contributed by atoms with van der Waals surface area (Å²) in [5, 5.41) is 2.88. The van der Waals surface area contributed by atoms with Crippen LogP contribution in [-0.4, -0.2) is 22.5 Å². The number of carbonyl (C=O) groups is 1. The van der Waals surface area contributed by atoms with Crippen LogP contribution < -0.4 is 14.8 Å². The summed E-state index contributed by atoms with van der Waals surface area (Å²) in [5.41, 5.74) is 3.69. The highest BCUT2D eigenvalue weighted by atomic mass is 16.5. The molecule has 0 bridgehead atoms. The molecule has 6 heteroatoms. The first-order valence-corrected chi connectivity index (χ1v) is 10.1. The monoisotopic (exact) mass is 405 g/mol. The Hall–Kier alpha value is -3.41. The lowest BCUT2D eigenvalue weighted by atomic mass is 10.2. The van der Waals surface area contributed by atoms with E-state index in [9.17, 15) is 4.79 Å². The van der Waals surface area contributed by atoms with E-state index in [0.29, 0.717) is 36.9 Å². The number of amides is 1. The molecule has 0 spiro atoms. The third kappa shape index (κ3) is 6.58. The summed E-state index contributed by atoms with van der Waals surface area (Å²) in [6, 6.07) is 17.4. The summed E-state index contributed by atoms with van der Waals surface area (Å²) in [6.45, 7) is 6.41. The second kappa shape index (κ2) is 10.4. The van der Waals surface area contributed by atoms with Gasteiger partial charge in [-0.3, -0.25) is 4.79 Å². The van der Waals surface area contributed by atoms with Gasteiger partial charge in [-0.1, -0.05) is 19.1 Å². The molecule has 0 unspecified atom stereocenters. The summed E-state index contributed by atoms with van der Waals surface area (Å²) in [7, 11) is 0. The van der Waals surface area contributed by atoms with Crippen LogP contribution in [-0.2, 0) is 11.2 Å². The van der Waals surface area contributed by atoms with E-state index in [1.165, 1.54) is 5.56 Å². The van der Waals surface area contributed by atoms with E-state index in [1.807, 2.05) is 32.0 Å². The maximum atomic E-state index is 12.1. The van der Waals surface area contributed by atoms with Crippen molar-refractivity contribution in [2.75, 3.05) is 11.9 Å². The van der Waals surface area contributed by atoms with Gasteiger partial charge >= 0.3 is 6.01 Å². The minimum Gasteiger partial charge on any atom is -0.494 e. The lowest BCUT2D eigenvalue weighted by molar-refractivity contribution is -0.116. The minimum absolute atomic E-state index is 0.0498. The molecule has 0 atom stereocenters. The molecule has 0 aliphatic heterocycles. The highest BCUT2D eigenvalue weighted by Crippen LogP contribution is 2.21.